The third kappa shape index (κ3) is 2.94. The van der Waals surface area contributed by atoms with Crippen LogP contribution in [-0.2, 0) is 9.63 Å². The van der Waals surface area contributed by atoms with Crippen molar-refractivity contribution in [1.29, 1.82) is 0 Å². The molecule has 1 N–H and O–H groups in total. The number of aryl methyl sites for hydroxylation is 1. The number of rotatable bonds is 4. The van der Waals surface area contributed by atoms with E-state index in [0.29, 0.717) is 30.9 Å². The Morgan fingerprint density at radius 3 is 3.23 bits per heavy atom. The number of pyridine rings is 1. The standard InChI is InChI=1S/C15H19FN4O2/c1-11-12(3-2-6-17-11)18-14(21)13-9-15(22-19-13)4-7-20(10-15)8-5-16/h2-3,6H,4-5,7-10H2,1H3,(H,18,21)/t15-/m1/s1. The lowest BCUT2D eigenvalue weighted by Crippen LogP contribution is -2.35. The normalized spacial score (nSPS) is 24.4. The number of carbonyl (C=O) groups is 1. The quantitative estimate of drug-likeness (QED) is 0.916. The van der Waals surface area contributed by atoms with Gasteiger partial charge in [0.2, 0.25) is 0 Å². The first-order chi connectivity index (χ1) is 10.6. The summed E-state index contributed by atoms with van der Waals surface area (Å²) < 4.78 is 12.4. The molecule has 22 heavy (non-hydrogen) atoms. The predicted octanol–water partition coefficient (Wildman–Crippen LogP) is 1.52. The van der Waals surface area contributed by atoms with Crippen LogP contribution >= 0.6 is 0 Å². The number of alkyl halides is 1. The molecule has 0 aliphatic carbocycles. The van der Waals surface area contributed by atoms with E-state index in [1.165, 1.54) is 0 Å². The van der Waals surface area contributed by atoms with Crippen LogP contribution in [0.15, 0.2) is 23.5 Å². The Morgan fingerprint density at radius 1 is 1.59 bits per heavy atom. The molecule has 0 radical (unpaired) electrons. The van der Waals surface area contributed by atoms with Crippen LogP contribution in [0.5, 0.6) is 0 Å². The Bertz CT molecular complexity index is 607. The lowest BCUT2D eigenvalue weighted by Gasteiger charge is -2.20. The molecule has 0 unspecified atom stereocenters. The third-order valence-electron chi connectivity index (χ3n) is 4.15. The monoisotopic (exact) mass is 306 g/mol. The van der Waals surface area contributed by atoms with Gasteiger partial charge >= 0.3 is 0 Å². The molecule has 6 nitrogen and oxygen atoms in total. The number of likely N-dealkylation sites (tertiary alicyclic amines) is 1. The second-order valence-corrected chi connectivity index (χ2v) is 5.79. The summed E-state index contributed by atoms with van der Waals surface area (Å²) in [6, 6.07) is 3.56. The number of hydrogen-bond acceptors (Lipinski definition) is 5. The van der Waals surface area contributed by atoms with Crippen molar-refractivity contribution in [2.75, 3.05) is 31.6 Å². The first-order valence-corrected chi connectivity index (χ1v) is 7.38. The Kier molecular flexibility index (Phi) is 4.06. The zero-order chi connectivity index (χ0) is 15.6. The molecule has 0 aromatic carbocycles. The van der Waals surface area contributed by atoms with Crippen molar-refractivity contribution in [3.8, 4) is 0 Å². The second-order valence-electron chi connectivity index (χ2n) is 5.79. The van der Waals surface area contributed by atoms with Gasteiger partial charge in [0, 0.05) is 38.7 Å². The molecular weight excluding hydrogens is 287 g/mol. The first kappa shape index (κ1) is 14.9. The molecule has 3 rings (SSSR count). The summed E-state index contributed by atoms with van der Waals surface area (Å²) in [7, 11) is 0. The fourth-order valence-corrected chi connectivity index (χ4v) is 2.91. The average Bonchev–Trinajstić information content (AvgIpc) is 3.10. The van der Waals surface area contributed by atoms with E-state index in [0.717, 1.165) is 18.7 Å². The number of anilines is 1. The number of halogens is 1. The van der Waals surface area contributed by atoms with Gasteiger partial charge in [-0.2, -0.15) is 0 Å². The van der Waals surface area contributed by atoms with Gasteiger partial charge in [-0.05, 0) is 19.1 Å². The zero-order valence-electron chi connectivity index (χ0n) is 12.5. The van der Waals surface area contributed by atoms with Gasteiger partial charge < -0.3 is 10.2 Å². The van der Waals surface area contributed by atoms with Crippen LogP contribution in [-0.4, -0.2) is 53.4 Å². The van der Waals surface area contributed by atoms with E-state index < -0.39 is 5.60 Å². The van der Waals surface area contributed by atoms with Crippen molar-refractivity contribution in [2.24, 2.45) is 5.16 Å². The van der Waals surface area contributed by atoms with Crippen LogP contribution < -0.4 is 5.32 Å². The van der Waals surface area contributed by atoms with Gasteiger partial charge in [-0.3, -0.25) is 14.7 Å². The summed E-state index contributed by atoms with van der Waals surface area (Å²) in [4.78, 5) is 24.0. The van der Waals surface area contributed by atoms with Crippen molar-refractivity contribution in [3.63, 3.8) is 0 Å². The van der Waals surface area contributed by atoms with E-state index in [1.54, 1.807) is 18.3 Å². The fourth-order valence-electron chi connectivity index (χ4n) is 2.91. The lowest BCUT2D eigenvalue weighted by atomic mass is 9.96. The molecule has 1 aromatic heterocycles. The van der Waals surface area contributed by atoms with Crippen LogP contribution in [0.25, 0.3) is 0 Å². The third-order valence-corrected chi connectivity index (χ3v) is 4.15. The summed E-state index contributed by atoms with van der Waals surface area (Å²) in [6.07, 6.45) is 2.90. The minimum absolute atomic E-state index is 0.267. The largest absolute Gasteiger partial charge is 0.387 e. The smallest absolute Gasteiger partial charge is 0.273 e. The summed E-state index contributed by atoms with van der Waals surface area (Å²) in [5.74, 6) is -0.267. The van der Waals surface area contributed by atoms with E-state index in [1.807, 2.05) is 11.8 Å². The molecule has 2 aliphatic rings. The molecule has 1 spiro atoms. The van der Waals surface area contributed by atoms with Crippen LogP contribution in [0.4, 0.5) is 10.1 Å². The second kappa shape index (κ2) is 6.00. The SMILES string of the molecule is Cc1ncccc1NC(=O)C1=NO[C@]2(CCN(CCF)C2)C1. The highest BCUT2D eigenvalue weighted by molar-refractivity contribution is 6.43. The summed E-state index contributed by atoms with van der Waals surface area (Å²) >= 11 is 0. The fraction of sp³-hybridized carbons (Fsp3) is 0.533. The Morgan fingerprint density at radius 2 is 2.45 bits per heavy atom. The molecule has 3 heterocycles. The van der Waals surface area contributed by atoms with Crippen molar-refractivity contribution in [1.82, 2.24) is 9.88 Å². The highest BCUT2D eigenvalue weighted by Gasteiger charge is 2.46. The molecule has 1 aromatic rings. The summed E-state index contributed by atoms with van der Waals surface area (Å²) in [5.41, 5.74) is 1.33. The number of hydrogen-bond donors (Lipinski definition) is 1. The molecule has 1 atom stereocenters. The van der Waals surface area contributed by atoms with Crippen molar-refractivity contribution >= 4 is 17.3 Å². The number of oxime groups is 1. The first-order valence-electron chi connectivity index (χ1n) is 7.38. The van der Waals surface area contributed by atoms with Gasteiger partial charge in [0.25, 0.3) is 5.91 Å². The molecule has 7 heteroatoms. The molecule has 0 saturated carbocycles. The summed E-state index contributed by atoms with van der Waals surface area (Å²) in [5, 5.41) is 6.76. The van der Waals surface area contributed by atoms with Crippen molar-refractivity contribution in [3.05, 3.63) is 24.0 Å². The maximum atomic E-state index is 12.4. The van der Waals surface area contributed by atoms with E-state index in [-0.39, 0.29) is 12.6 Å². The molecule has 118 valence electrons. The van der Waals surface area contributed by atoms with Gasteiger partial charge in [-0.25, -0.2) is 4.39 Å². The number of amides is 1. The van der Waals surface area contributed by atoms with Gasteiger partial charge in [0.05, 0.1) is 11.4 Å². The van der Waals surface area contributed by atoms with Crippen LogP contribution in [0.3, 0.4) is 0 Å². The number of carbonyl (C=O) groups excluding carboxylic acids is 1. The number of aromatic nitrogens is 1. The minimum Gasteiger partial charge on any atom is -0.387 e. The molecule has 1 saturated heterocycles. The number of nitrogens with zero attached hydrogens (tertiary/aromatic N) is 3. The maximum absolute atomic E-state index is 12.4. The topological polar surface area (TPSA) is 66.8 Å². The molecule has 0 bridgehead atoms. The Hall–Kier alpha value is -2.02. The zero-order valence-corrected chi connectivity index (χ0v) is 12.5. The maximum Gasteiger partial charge on any atom is 0.273 e. The van der Waals surface area contributed by atoms with E-state index in [4.69, 9.17) is 4.84 Å². The van der Waals surface area contributed by atoms with Gasteiger partial charge in [-0.1, -0.05) is 5.16 Å². The van der Waals surface area contributed by atoms with Crippen LogP contribution in [0, 0.1) is 6.92 Å². The lowest BCUT2D eigenvalue weighted by molar-refractivity contribution is -0.110. The molecule has 2 aliphatic heterocycles. The number of nitrogens with one attached hydrogen (secondary N) is 1. The minimum atomic E-state index is -0.466. The van der Waals surface area contributed by atoms with Gasteiger partial charge in [0.1, 0.15) is 12.4 Å². The molecule has 1 fully saturated rings. The summed E-state index contributed by atoms with van der Waals surface area (Å²) in [6.45, 7) is 3.25. The Balaban J connectivity index is 1.61. The molecule has 1 amide bonds. The van der Waals surface area contributed by atoms with E-state index in [2.05, 4.69) is 15.5 Å². The molecular formula is C15H19FN4O2. The van der Waals surface area contributed by atoms with Crippen LogP contribution in [0.1, 0.15) is 18.5 Å². The highest BCUT2D eigenvalue weighted by Crippen LogP contribution is 2.33. The van der Waals surface area contributed by atoms with Crippen molar-refractivity contribution < 1.29 is 14.0 Å². The predicted molar refractivity (Wildman–Crippen MR) is 80.5 cm³/mol. The van der Waals surface area contributed by atoms with Gasteiger partial charge in [-0.15, -0.1) is 0 Å². The average molecular weight is 306 g/mol. The van der Waals surface area contributed by atoms with Crippen molar-refractivity contribution in [2.45, 2.75) is 25.4 Å². The Labute approximate surface area is 128 Å². The van der Waals surface area contributed by atoms with E-state index in [9.17, 15) is 9.18 Å². The highest BCUT2D eigenvalue weighted by atomic mass is 19.1. The van der Waals surface area contributed by atoms with Crippen LogP contribution in [0.2, 0.25) is 0 Å². The van der Waals surface area contributed by atoms with Gasteiger partial charge in [0.15, 0.2) is 5.60 Å². The van der Waals surface area contributed by atoms with E-state index >= 15 is 0 Å².